The lowest BCUT2D eigenvalue weighted by Crippen LogP contribution is -2.30. The van der Waals surface area contributed by atoms with Crippen molar-refractivity contribution in [3.8, 4) is 0 Å². The number of nitrogens with one attached hydrogen (secondary N) is 2. The second-order valence-corrected chi connectivity index (χ2v) is 5.75. The van der Waals surface area contributed by atoms with Crippen molar-refractivity contribution in [2.45, 2.75) is 13.5 Å². The zero-order valence-electron chi connectivity index (χ0n) is 9.96. The van der Waals surface area contributed by atoms with E-state index in [2.05, 4.69) is 10.0 Å². The predicted octanol–water partition coefficient (Wildman–Crippen LogP) is 0.773. The van der Waals surface area contributed by atoms with E-state index in [0.717, 1.165) is 17.4 Å². The van der Waals surface area contributed by atoms with Crippen molar-refractivity contribution >= 4 is 10.0 Å². The van der Waals surface area contributed by atoms with Crippen LogP contribution in [0.15, 0.2) is 18.2 Å². The molecule has 96 valence electrons. The van der Waals surface area contributed by atoms with Crippen LogP contribution >= 0.6 is 0 Å². The van der Waals surface area contributed by atoms with Crippen LogP contribution in [0.5, 0.6) is 0 Å². The molecule has 0 saturated carbocycles. The molecule has 0 aliphatic carbocycles. The molecule has 0 bridgehead atoms. The van der Waals surface area contributed by atoms with Crippen molar-refractivity contribution < 1.29 is 12.8 Å². The van der Waals surface area contributed by atoms with Gasteiger partial charge in [-0.05, 0) is 30.2 Å². The van der Waals surface area contributed by atoms with Gasteiger partial charge in [-0.25, -0.2) is 17.5 Å². The average molecular weight is 260 g/mol. The molecule has 0 unspecified atom stereocenters. The Morgan fingerprint density at radius 3 is 2.65 bits per heavy atom. The van der Waals surface area contributed by atoms with E-state index in [0.29, 0.717) is 19.6 Å². The number of rotatable bonds is 6. The van der Waals surface area contributed by atoms with Crippen molar-refractivity contribution in [2.75, 3.05) is 19.3 Å². The van der Waals surface area contributed by atoms with Crippen molar-refractivity contribution in [2.24, 2.45) is 0 Å². The lowest BCUT2D eigenvalue weighted by atomic mass is 10.1. The summed E-state index contributed by atoms with van der Waals surface area (Å²) in [6.07, 6.45) is 1.11. The molecule has 1 aromatic rings. The van der Waals surface area contributed by atoms with Gasteiger partial charge in [0.15, 0.2) is 0 Å². The fourth-order valence-electron chi connectivity index (χ4n) is 1.38. The van der Waals surface area contributed by atoms with Gasteiger partial charge in [0.05, 0.1) is 6.26 Å². The van der Waals surface area contributed by atoms with E-state index in [9.17, 15) is 12.8 Å². The maximum atomic E-state index is 13.0. The van der Waals surface area contributed by atoms with Crippen LogP contribution in [-0.2, 0) is 16.6 Å². The molecular weight excluding hydrogens is 243 g/mol. The SMILES string of the molecule is Cc1ccc(F)cc1CNCCNS(C)(=O)=O. The second-order valence-electron chi connectivity index (χ2n) is 3.91. The highest BCUT2D eigenvalue weighted by molar-refractivity contribution is 7.88. The third-order valence-corrected chi connectivity index (χ3v) is 3.02. The van der Waals surface area contributed by atoms with Crippen LogP contribution in [0.1, 0.15) is 11.1 Å². The van der Waals surface area contributed by atoms with Gasteiger partial charge in [-0.15, -0.1) is 0 Å². The number of sulfonamides is 1. The first kappa shape index (κ1) is 14.1. The molecule has 1 rings (SSSR count). The molecule has 17 heavy (non-hydrogen) atoms. The van der Waals surface area contributed by atoms with Gasteiger partial charge >= 0.3 is 0 Å². The summed E-state index contributed by atoms with van der Waals surface area (Å²) in [5.74, 6) is -0.262. The van der Waals surface area contributed by atoms with E-state index in [1.54, 1.807) is 6.07 Å². The van der Waals surface area contributed by atoms with E-state index in [1.165, 1.54) is 12.1 Å². The van der Waals surface area contributed by atoms with Crippen LogP contribution in [0.2, 0.25) is 0 Å². The van der Waals surface area contributed by atoms with E-state index >= 15 is 0 Å². The average Bonchev–Trinajstić information content (AvgIpc) is 2.21. The lowest BCUT2D eigenvalue weighted by molar-refractivity contribution is 0.581. The quantitative estimate of drug-likeness (QED) is 0.743. The van der Waals surface area contributed by atoms with E-state index in [-0.39, 0.29) is 5.82 Å². The number of hydrogen-bond acceptors (Lipinski definition) is 3. The van der Waals surface area contributed by atoms with Gasteiger partial charge in [0.2, 0.25) is 10.0 Å². The second kappa shape index (κ2) is 6.09. The Balaban J connectivity index is 2.34. The summed E-state index contributed by atoms with van der Waals surface area (Å²) in [7, 11) is -3.13. The summed E-state index contributed by atoms with van der Waals surface area (Å²) in [6.45, 7) is 3.26. The molecule has 0 aromatic heterocycles. The molecule has 0 heterocycles. The van der Waals surface area contributed by atoms with E-state index in [4.69, 9.17) is 0 Å². The van der Waals surface area contributed by atoms with Crippen LogP contribution in [0, 0.1) is 12.7 Å². The van der Waals surface area contributed by atoms with Crippen LogP contribution in [0.4, 0.5) is 4.39 Å². The summed E-state index contributed by atoms with van der Waals surface area (Å²) in [6, 6.07) is 4.62. The highest BCUT2D eigenvalue weighted by atomic mass is 32.2. The van der Waals surface area contributed by atoms with Crippen LogP contribution < -0.4 is 10.0 Å². The van der Waals surface area contributed by atoms with E-state index < -0.39 is 10.0 Å². The molecule has 0 fully saturated rings. The molecule has 0 saturated heterocycles. The van der Waals surface area contributed by atoms with Crippen molar-refractivity contribution in [3.05, 3.63) is 35.1 Å². The zero-order valence-corrected chi connectivity index (χ0v) is 10.8. The first-order chi connectivity index (χ1) is 7.88. The monoisotopic (exact) mass is 260 g/mol. The summed E-state index contributed by atoms with van der Waals surface area (Å²) in [5, 5.41) is 3.05. The number of hydrogen-bond donors (Lipinski definition) is 2. The third kappa shape index (κ3) is 5.76. The van der Waals surface area contributed by atoms with Crippen LogP contribution in [-0.4, -0.2) is 27.8 Å². The van der Waals surface area contributed by atoms with Crippen LogP contribution in [0.3, 0.4) is 0 Å². The van der Waals surface area contributed by atoms with Crippen LogP contribution in [0.25, 0.3) is 0 Å². The summed E-state index contributed by atoms with van der Waals surface area (Å²) in [4.78, 5) is 0. The molecule has 0 aliphatic heterocycles. The molecule has 0 aliphatic rings. The van der Waals surface area contributed by atoms with Gasteiger partial charge in [0.1, 0.15) is 5.82 Å². The number of halogens is 1. The molecule has 0 radical (unpaired) electrons. The highest BCUT2D eigenvalue weighted by Crippen LogP contribution is 2.09. The summed E-state index contributed by atoms with van der Waals surface area (Å²) >= 11 is 0. The van der Waals surface area contributed by atoms with Gasteiger partial charge in [-0.3, -0.25) is 0 Å². The highest BCUT2D eigenvalue weighted by Gasteiger charge is 2.01. The Morgan fingerprint density at radius 1 is 1.29 bits per heavy atom. The lowest BCUT2D eigenvalue weighted by Gasteiger charge is -2.08. The first-order valence-corrected chi connectivity index (χ1v) is 7.18. The minimum absolute atomic E-state index is 0.262. The Bertz CT molecular complexity index is 474. The maximum Gasteiger partial charge on any atom is 0.208 e. The molecule has 1 aromatic carbocycles. The normalized spacial score (nSPS) is 11.7. The largest absolute Gasteiger partial charge is 0.311 e. The Morgan fingerprint density at radius 2 is 2.00 bits per heavy atom. The Kier molecular flexibility index (Phi) is 5.04. The molecule has 0 amide bonds. The predicted molar refractivity (Wildman–Crippen MR) is 65.7 cm³/mol. The summed E-state index contributed by atoms with van der Waals surface area (Å²) in [5.41, 5.74) is 1.89. The molecular formula is C11H17FN2O2S. The number of aryl methyl sites for hydroxylation is 1. The van der Waals surface area contributed by atoms with Crippen molar-refractivity contribution in [1.82, 2.24) is 10.0 Å². The Labute approximate surface area is 101 Å². The first-order valence-electron chi connectivity index (χ1n) is 5.29. The van der Waals surface area contributed by atoms with Gasteiger partial charge in [0, 0.05) is 19.6 Å². The summed E-state index contributed by atoms with van der Waals surface area (Å²) < 4.78 is 36.9. The van der Waals surface area contributed by atoms with Crippen molar-refractivity contribution in [1.29, 1.82) is 0 Å². The number of benzene rings is 1. The third-order valence-electron chi connectivity index (χ3n) is 2.29. The Hall–Kier alpha value is -0.980. The fraction of sp³-hybridized carbons (Fsp3) is 0.455. The minimum atomic E-state index is -3.13. The molecule has 2 N–H and O–H groups in total. The minimum Gasteiger partial charge on any atom is -0.311 e. The van der Waals surface area contributed by atoms with Gasteiger partial charge < -0.3 is 5.32 Å². The fourth-order valence-corrected chi connectivity index (χ4v) is 1.85. The smallest absolute Gasteiger partial charge is 0.208 e. The molecule has 6 heteroatoms. The van der Waals surface area contributed by atoms with Gasteiger partial charge in [-0.1, -0.05) is 6.07 Å². The topological polar surface area (TPSA) is 58.2 Å². The molecule has 0 spiro atoms. The molecule has 0 atom stereocenters. The van der Waals surface area contributed by atoms with E-state index in [1.807, 2.05) is 6.92 Å². The van der Waals surface area contributed by atoms with Gasteiger partial charge in [-0.2, -0.15) is 0 Å². The van der Waals surface area contributed by atoms with Gasteiger partial charge in [0.25, 0.3) is 0 Å². The zero-order chi connectivity index (χ0) is 12.9. The standard InChI is InChI=1S/C11H17FN2O2S/c1-9-3-4-11(12)7-10(9)8-13-5-6-14-17(2,15)16/h3-4,7,13-14H,5-6,8H2,1-2H3. The maximum absolute atomic E-state index is 13.0. The molecule has 4 nitrogen and oxygen atoms in total. The van der Waals surface area contributed by atoms with Crippen molar-refractivity contribution in [3.63, 3.8) is 0 Å².